The van der Waals surface area contributed by atoms with Gasteiger partial charge >= 0.3 is 11.9 Å². The van der Waals surface area contributed by atoms with Gasteiger partial charge in [-0.3, -0.25) is 28.9 Å². The van der Waals surface area contributed by atoms with Gasteiger partial charge in [0.15, 0.2) is 0 Å². The SMILES string of the molecule is CCC(CCC(C)C(=O)OCCCCCC(=O)ON1C(=O)CCC1=O)CN1C(=O)C=CC1=O. The van der Waals surface area contributed by atoms with Crippen molar-refractivity contribution in [3.8, 4) is 0 Å². The number of esters is 1. The van der Waals surface area contributed by atoms with Gasteiger partial charge in [-0.15, -0.1) is 5.06 Å². The van der Waals surface area contributed by atoms with Crippen molar-refractivity contribution in [1.29, 1.82) is 0 Å². The summed E-state index contributed by atoms with van der Waals surface area (Å²) in [5, 5.41) is 0.534. The summed E-state index contributed by atoms with van der Waals surface area (Å²) >= 11 is 0. The van der Waals surface area contributed by atoms with Crippen LogP contribution in [0.2, 0.25) is 0 Å². The van der Waals surface area contributed by atoms with Gasteiger partial charge < -0.3 is 9.57 Å². The largest absolute Gasteiger partial charge is 0.465 e. The van der Waals surface area contributed by atoms with E-state index in [1.165, 1.54) is 17.1 Å². The third-order valence-corrected chi connectivity index (χ3v) is 5.80. The van der Waals surface area contributed by atoms with Gasteiger partial charge in [-0.1, -0.05) is 20.3 Å². The van der Waals surface area contributed by atoms with Crippen molar-refractivity contribution in [1.82, 2.24) is 9.96 Å². The van der Waals surface area contributed by atoms with Gasteiger partial charge in [0.05, 0.1) is 12.5 Å². The van der Waals surface area contributed by atoms with E-state index >= 15 is 0 Å². The highest BCUT2D eigenvalue weighted by molar-refractivity contribution is 6.12. The molecular weight excluding hydrogens is 432 g/mol. The van der Waals surface area contributed by atoms with E-state index in [1.807, 2.05) is 6.92 Å². The molecule has 0 radical (unpaired) electrons. The summed E-state index contributed by atoms with van der Waals surface area (Å²) in [5.41, 5.74) is 0. The van der Waals surface area contributed by atoms with E-state index in [9.17, 15) is 28.8 Å². The average molecular weight is 465 g/mol. The third-order valence-electron chi connectivity index (χ3n) is 5.80. The fraction of sp³-hybridized carbons (Fsp3) is 0.652. The Labute approximate surface area is 193 Å². The fourth-order valence-corrected chi connectivity index (χ4v) is 3.57. The Morgan fingerprint density at radius 3 is 2.21 bits per heavy atom. The summed E-state index contributed by atoms with van der Waals surface area (Å²) < 4.78 is 5.30. The molecule has 0 saturated carbocycles. The maximum absolute atomic E-state index is 12.2. The van der Waals surface area contributed by atoms with Crippen LogP contribution in [-0.4, -0.2) is 58.7 Å². The van der Waals surface area contributed by atoms with E-state index in [0.29, 0.717) is 43.7 Å². The van der Waals surface area contributed by atoms with E-state index < -0.39 is 17.8 Å². The molecule has 2 unspecified atom stereocenters. The van der Waals surface area contributed by atoms with Crippen molar-refractivity contribution in [2.75, 3.05) is 13.2 Å². The van der Waals surface area contributed by atoms with Crippen LogP contribution < -0.4 is 0 Å². The smallest absolute Gasteiger partial charge is 0.333 e. The molecule has 0 aromatic carbocycles. The molecular formula is C23H32N2O8. The highest BCUT2D eigenvalue weighted by Crippen LogP contribution is 2.20. The molecule has 1 saturated heterocycles. The minimum absolute atomic E-state index is 0.0598. The molecule has 0 spiro atoms. The lowest BCUT2D eigenvalue weighted by Gasteiger charge is -2.22. The lowest BCUT2D eigenvalue weighted by molar-refractivity contribution is -0.197. The number of ether oxygens (including phenoxy) is 1. The van der Waals surface area contributed by atoms with Gasteiger partial charge in [0.25, 0.3) is 23.6 Å². The lowest BCUT2D eigenvalue weighted by Crippen LogP contribution is -2.34. The summed E-state index contributed by atoms with van der Waals surface area (Å²) in [4.78, 5) is 76.2. The molecule has 0 N–H and O–H groups in total. The first-order valence-electron chi connectivity index (χ1n) is 11.5. The number of hydroxylamine groups is 2. The third kappa shape index (κ3) is 8.11. The highest BCUT2D eigenvalue weighted by Gasteiger charge is 2.32. The number of hydrogen-bond donors (Lipinski definition) is 0. The van der Waals surface area contributed by atoms with Crippen LogP contribution in [0.4, 0.5) is 0 Å². The molecule has 2 rings (SSSR count). The molecule has 0 bridgehead atoms. The van der Waals surface area contributed by atoms with Gasteiger partial charge in [-0.05, 0) is 38.0 Å². The number of hydrogen-bond acceptors (Lipinski definition) is 8. The second-order valence-corrected chi connectivity index (χ2v) is 8.40. The van der Waals surface area contributed by atoms with E-state index in [-0.39, 0.29) is 55.5 Å². The quantitative estimate of drug-likeness (QED) is 0.217. The maximum atomic E-state index is 12.2. The first-order chi connectivity index (χ1) is 15.7. The first kappa shape index (κ1) is 26.2. The Kier molecular flexibility index (Phi) is 10.2. The van der Waals surface area contributed by atoms with Gasteiger partial charge in [0, 0.05) is 38.0 Å². The molecule has 0 aromatic heterocycles. The van der Waals surface area contributed by atoms with Gasteiger partial charge in [0.2, 0.25) is 0 Å². The molecule has 182 valence electrons. The molecule has 0 aliphatic carbocycles. The van der Waals surface area contributed by atoms with Crippen LogP contribution in [0.1, 0.15) is 71.6 Å². The molecule has 2 heterocycles. The lowest BCUT2D eigenvalue weighted by atomic mass is 9.94. The molecule has 4 amide bonds. The Morgan fingerprint density at radius 1 is 0.970 bits per heavy atom. The van der Waals surface area contributed by atoms with Crippen molar-refractivity contribution in [2.24, 2.45) is 11.8 Å². The van der Waals surface area contributed by atoms with Crippen molar-refractivity contribution in [3.05, 3.63) is 12.2 Å². The summed E-state index contributed by atoms with van der Waals surface area (Å²) in [6, 6.07) is 0. The van der Waals surface area contributed by atoms with Crippen molar-refractivity contribution in [3.63, 3.8) is 0 Å². The Bertz CT molecular complexity index is 772. The molecule has 33 heavy (non-hydrogen) atoms. The minimum atomic E-state index is -0.636. The van der Waals surface area contributed by atoms with Crippen LogP contribution in [0.15, 0.2) is 12.2 Å². The van der Waals surface area contributed by atoms with E-state index in [2.05, 4.69) is 0 Å². The van der Waals surface area contributed by atoms with Gasteiger partial charge in [0.1, 0.15) is 0 Å². The summed E-state index contributed by atoms with van der Waals surface area (Å²) in [7, 11) is 0. The molecule has 10 heteroatoms. The van der Waals surface area contributed by atoms with Crippen LogP contribution in [0.3, 0.4) is 0 Å². The molecule has 0 aromatic rings. The Morgan fingerprint density at radius 2 is 1.61 bits per heavy atom. The number of nitrogens with zero attached hydrogens (tertiary/aromatic N) is 2. The number of carbonyl (C=O) groups is 6. The van der Waals surface area contributed by atoms with Gasteiger partial charge in [-0.2, -0.15) is 0 Å². The number of carbonyl (C=O) groups excluding carboxylic acids is 6. The second kappa shape index (κ2) is 12.9. The highest BCUT2D eigenvalue weighted by atomic mass is 16.7. The monoisotopic (exact) mass is 464 g/mol. The Hall–Kier alpha value is -3.04. The van der Waals surface area contributed by atoms with E-state index in [1.54, 1.807) is 6.92 Å². The topological polar surface area (TPSA) is 127 Å². The summed E-state index contributed by atoms with van der Waals surface area (Å²) in [5.74, 6) is -2.71. The normalized spacial score (nSPS) is 17.6. The standard InChI is InChI=1S/C23H32N2O8/c1-3-17(15-24-18(26)10-11-19(24)27)9-8-16(2)23(31)32-14-6-4-5-7-22(30)33-25-20(28)12-13-21(25)29/h10-11,16-17H,3-9,12-15H2,1-2H3. The van der Waals surface area contributed by atoms with Crippen LogP contribution in [-0.2, 0) is 38.3 Å². The van der Waals surface area contributed by atoms with E-state index in [4.69, 9.17) is 9.57 Å². The number of unbranched alkanes of at least 4 members (excludes halogenated alkanes) is 2. The van der Waals surface area contributed by atoms with Crippen molar-refractivity contribution in [2.45, 2.75) is 71.6 Å². The van der Waals surface area contributed by atoms with Crippen LogP contribution >= 0.6 is 0 Å². The zero-order valence-electron chi connectivity index (χ0n) is 19.2. The number of imide groups is 2. The molecule has 2 aliphatic rings. The zero-order chi connectivity index (χ0) is 24.4. The first-order valence-corrected chi connectivity index (χ1v) is 11.5. The minimum Gasteiger partial charge on any atom is -0.465 e. The predicted molar refractivity (Wildman–Crippen MR) is 115 cm³/mol. The van der Waals surface area contributed by atoms with E-state index in [0.717, 1.165) is 6.42 Å². The molecule has 2 atom stereocenters. The summed E-state index contributed by atoms with van der Waals surface area (Å²) in [6.45, 7) is 4.37. The maximum Gasteiger partial charge on any atom is 0.333 e. The van der Waals surface area contributed by atoms with Crippen LogP contribution in [0.5, 0.6) is 0 Å². The second-order valence-electron chi connectivity index (χ2n) is 8.40. The molecule has 1 fully saturated rings. The molecule has 10 nitrogen and oxygen atoms in total. The Balaban J connectivity index is 1.55. The van der Waals surface area contributed by atoms with Crippen molar-refractivity contribution >= 4 is 35.6 Å². The van der Waals surface area contributed by atoms with Gasteiger partial charge in [-0.25, -0.2) is 4.79 Å². The predicted octanol–water partition coefficient (Wildman–Crippen LogP) is 2.06. The number of amides is 4. The average Bonchev–Trinajstić information content (AvgIpc) is 3.28. The fourth-order valence-electron chi connectivity index (χ4n) is 3.57. The van der Waals surface area contributed by atoms with Crippen molar-refractivity contribution < 1.29 is 38.3 Å². The summed E-state index contributed by atoms with van der Waals surface area (Å²) in [6.07, 6.45) is 6.52. The molecule has 2 aliphatic heterocycles. The van der Waals surface area contributed by atoms with Crippen LogP contribution in [0, 0.1) is 11.8 Å². The number of rotatable bonds is 14. The van der Waals surface area contributed by atoms with Crippen LogP contribution in [0.25, 0.3) is 0 Å². The zero-order valence-corrected chi connectivity index (χ0v) is 19.2.